The van der Waals surface area contributed by atoms with Gasteiger partial charge in [-0.3, -0.25) is 4.79 Å². The Hall–Kier alpha value is -1.68. The molecule has 0 N–H and O–H groups in total. The van der Waals surface area contributed by atoms with Crippen molar-refractivity contribution < 1.29 is 4.79 Å². The van der Waals surface area contributed by atoms with Crippen LogP contribution in [-0.2, 0) is 6.42 Å². The number of aryl methyl sites for hydroxylation is 2. The minimum atomic E-state index is 0.739. The van der Waals surface area contributed by atoms with E-state index >= 15 is 0 Å². The summed E-state index contributed by atoms with van der Waals surface area (Å²) in [5.74, 6) is 0. The quantitative estimate of drug-likeness (QED) is 0.773. The molecule has 1 aromatic heterocycles. The summed E-state index contributed by atoms with van der Waals surface area (Å²) >= 11 is 1.46. The molecule has 0 spiro atoms. The van der Waals surface area contributed by atoms with E-state index in [0.29, 0.717) is 0 Å². The van der Waals surface area contributed by atoms with Crippen molar-refractivity contribution in [3.63, 3.8) is 0 Å². The predicted molar refractivity (Wildman–Crippen MR) is 80.7 cm³/mol. The number of carbonyl (C=O) groups excluding carboxylic acids is 1. The van der Waals surface area contributed by atoms with Crippen LogP contribution < -0.4 is 4.90 Å². The van der Waals surface area contributed by atoms with Crippen LogP contribution in [0.4, 0.5) is 10.8 Å². The molecule has 0 saturated carbocycles. The van der Waals surface area contributed by atoms with E-state index in [1.165, 1.54) is 16.9 Å². The van der Waals surface area contributed by atoms with Gasteiger partial charge < -0.3 is 4.90 Å². The second kappa shape index (κ2) is 5.97. The number of aromatic nitrogens is 1. The smallest absolute Gasteiger partial charge is 0.190 e. The Morgan fingerprint density at radius 3 is 2.42 bits per heavy atom. The van der Waals surface area contributed by atoms with Crippen LogP contribution >= 0.6 is 11.3 Å². The van der Waals surface area contributed by atoms with Gasteiger partial charge >= 0.3 is 0 Å². The van der Waals surface area contributed by atoms with E-state index in [-0.39, 0.29) is 0 Å². The fraction of sp³-hybridized carbons (Fsp3) is 0.333. The summed E-state index contributed by atoms with van der Waals surface area (Å²) < 4.78 is 0. The number of hydrogen-bond acceptors (Lipinski definition) is 4. The average Bonchev–Trinajstić information content (AvgIpc) is 2.85. The number of benzene rings is 1. The van der Waals surface area contributed by atoms with Gasteiger partial charge in [0.2, 0.25) is 0 Å². The molecule has 2 rings (SSSR count). The van der Waals surface area contributed by atoms with Crippen LogP contribution in [0, 0.1) is 6.92 Å². The van der Waals surface area contributed by atoms with E-state index in [1.807, 2.05) is 6.92 Å². The first kappa shape index (κ1) is 13.7. The average molecular weight is 274 g/mol. The third-order valence-corrected chi connectivity index (χ3v) is 4.10. The Labute approximate surface area is 117 Å². The van der Waals surface area contributed by atoms with Gasteiger partial charge in [-0.2, -0.15) is 0 Å². The maximum absolute atomic E-state index is 11.0. The lowest BCUT2D eigenvalue weighted by atomic mass is 10.2. The van der Waals surface area contributed by atoms with E-state index < -0.39 is 0 Å². The van der Waals surface area contributed by atoms with Crippen molar-refractivity contribution in [1.82, 2.24) is 4.98 Å². The van der Waals surface area contributed by atoms with Gasteiger partial charge in [-0.1, -0.05) is 36.0 Å². The number of nitrogens with zero attached hydrogens (tertiary/aromatic N) is 2. The SMILES string of the molecule is CCc1nc(N(CC)c2ccc(C)cc2)sc1C=O. The van der Waals surface area contributed by atoms with Gasteiger partial charge in [0.05, 0.1) is 10.6 Å². The van der Waals surface area contributed by atoms with Gasteiger partial charge in [0.1, 0.15) is 0 Å². The van der Waals surface area contributed by atoms with Crippen molar-refractivity contribution >= 4 is 28.4 Å². The van der Waals surface area contributed by atoms with Crippen LogP contribution in [0.1, 0.15) is 34.8 Å². The van der Waals surface area contributed by atoms with Crippen molar-refractivity contribution in [2.45, 2.75) is 27.2 Å². The van der Waals surface area contributed by atoms with E-state index in [2.05, 4.69) is 48.0 Å². The predicted octanol–water partition coefficient (Wildman–Crippen LogP) is 3.98. The van der Waals surface area contributed by atoms with Gasteiger partial charge in [0.15, 0.2) is 11.4 Å². The first-order valence-corrected chi connectivity index (χ1v) is 7.30. The highest BCUT2D eigenvalue weighted by Crippen LogP contribution is 2.31. The zero-order valence-corrected chi connectivity index (χ0v) is 12.3. The molecule has 3 nitrogen and oxygen atoms in total. The number of rotatable bonds is 5. The molecule has 0 atom stereocenters. The molecule has 2 aromatic rings. The highest BCUT2D eigenvalue weighted by molar-refractivity contribution is 7.17. The molecule has 0 aliphatic heterocycles. The Balaban J connectivity index is 2.39. The van der Waals surface area contributed by atoms with E-state index in [9.17, 15) is 4.79 Å². The lowest BCUT2D eigenvalue weighted by molar-refractivity contribution is 0.112. The van der Waals surface area contributed by atoms with Crippen LogP contribution in [0.25, 0.3) is 0 Å². The lowest BCUT2D eigenvalue weighted by Gasteiger charge is -2.19. The molecular weight excluding hydrogens is 256 g/mol. The van der Waals surface area contributed by atoms with Crippen LogP contribution in [0.3, 0.4) is 0 Å². The number of thiazole rings is 1. The fourth-order valence-electron chi connectivity index (χ4n) is 1.96. The van der Waals surface area contributed by atoms with E-state index in [0.717, 1.165) is 40.6 Å². The Bertz CT molecular complexity index is 560. The topological polar surface area (TPSA) is 33.2 Å². The molecule has 0 unspecified atom stereocenters. The van der Waals surface area contributed by atoms with Gasteiger partial charge in [-0.15, -0.1) is 0 Å². The monoisotopic (exact) mass is 274 g/mol. The highest BCUT2D eigenvalue weighted by Gasteiger charge is 2.15. The van der Waals surface area contributed by atoms with Crippen molar-refractivity contribution in [1.29, 1.82) is 0 Å². The molecule has 0 saturated heterocycles. The second-order valence-corrected chi connectivity index (χ2v) is 5.37. The first-order valence-electron chi connectivity index (χ1n) is 6.48. The largest absolute Gasteiger partial charge is 0.318 e. The summed E-state index contributed by atoms with van der Waals surface area (Å²) in [5.41, 5.74) is 3.24. The molecule has 1 heterocycles. The summed E-state index contributed by atoms with van der Waals surface area (Å²) in [5, 5.41) is 0.894. The van der Waals surface area contributed by atoms with E-state index in [4.69, 9.17) is 0 Å². The highest BCUT2D eigenvalue weighted by atomic mass is 32.1. The molecule has 0 amide bonds. The molecule has 100 valence electrons. The summed E-state index contributed by atoms with van der Waals surface area (Å²) in [6, 6.07) is 8.36. The molecule has 1 aromatic carbocycles. The zero-order chi connectivity index (χ0) is 13.8. The number of aldehydes is 1. The number of anilines is 2. The van der Waals surface area contributed by atoms with Crippen molar-refractivity contribution in [2.75, 3.05) is 11.4 Å². The normalized spacial score (nSPS) is 10.5. The maximum Gasteiger partial charge on any atom is 0.190 e. The molecular formula is C15H18N2OS. The molecule has 0 aliphatic rings. The number of hydrogen-bond donors (Lipinski definition) is 0. The molecule has 0 radical (unpaired) electrons. The summed E-state index contributed by atoms with van der Waals surface area (Å²) in [4.78, 5) is 18.5. The zero-order valence-electron chi connectivity index (χ0n) is 11.5. The second-order valence-electron chi connectivity index (χ2n) is 4.36. The Morgan fingerprint density at radius 1 is 1.26 bits per heavy atom. The number of carbonyl (C=O) groups is 1. The first-order chi connectivity index (χ1) is 9.19. The molecule has 0 aliphatic carbocycles. The third kappa shape index (κ3) is 2.84. The minimum Gasteiger partial charge on any atom is -0.318 e. The van der Waals surface area contributed by atoms with Crippen molar-refractivity contribution in [3.8, 4) is 0 Å². The van der Waals surface area contributed by atoms with Crippen LogP contribution in [0.2, 0.25) is 0 Å². The Morgan fingerprint density at radius 2 is 1.95 bits per heavy atom. The van der Waals surface area contributed by atoms with Gasteiger partial charge in [-0.05, 0) is 32.4 Å². The molecule has 0 fully saturated rings. The summed E-state index contributed by atoms with van der Waals surface area (Å²) in [6.07, 6.45) is 1.69. The Kier molecular flexibility index (Phi) is 4.32. The van der Waals surface area contributed by atoms with Crippen LogP contribution in [0.15, 0.2) is 24.3 Å². The van der Waals surface area contributed by atoms with Crippen LogP contribution in [0.5, 0.6) is 0 Å². The van der Waals surface area contributed by atoms with Gasteiger partial charge in [0.25, 0.3) is 0 Å². The molecule has 0 bridgehead atoms. The lowest BCUT2D eigenvalue weighted by Crippen LogP contribution is -2.15. The minimum absolute atomic E-state index is 0.739. The van der Waals surface area contributed by atoms with E-state index in [1.54, 1.807) is 0 Å². The van der Waals surface area contributed by atoms with Gasteiger partial charge in [0, 0.05) is 12.2 Å². The maximum atomic E-state index is 11.0. The van der Waals surface area contributed by atoms with Crippen molar-refractivity contribution in [3.05, 3.63) is 40.4 Å². The summed E-state index contributed by atoms with van der Waals surface area (Å²) in [6.45, 7) is 7.02. The standard InChI is InChI=1S/C15H18N2OS/c1-4-13-14(10-18)19-15(16-13)17(5-2)12-8-6-11(3)7-9-12/h6-10H,4-5H2,1-3H3. The van der Waals surface area contributed by atoms with Crippen molar-refractivity contribution in [2.24, 2.45) is 0 Å². The molecule has 19 heavy (non-hydrogen) atoms. The summed E-state index contributed by atoms with van der Waals surface area (Å²) in [7, 11) is 0. The van der Waals surface area contributed by atoms with Gasteiger partial charge in [-0.25, -0.2) is 4.98 Å². The fourth-order valence-corrected chi connectivity index (χ4v) is 3.02. The van der Waals surface area contributed by atoms with Crippen LogP contribution in [-0.4, -0.2) is 17.8 Å². The molecule has 4 heteroatoms. The third-order valence-electron chi connectivity index (χ3n) is 3.05.